The summed E-state index contributed by atoms with van der Waals surface area (Å²) >= 11 is 6.10. The third-order valence-electron chi connectivity index (χ3n) is 5.03. The molecule has 3 aromatic carbocycles. The highest BCUT2D eigenvalue weighted by Gasteiger charge is 2.37. The van der Waals surface area contributed by atoms with Gasteiger partial charge in [0.2, 0.25) is 0 Å². The van der Waals surface area contributed by atoms with Crippen molar-refractivity contribution >= 4 is 47.2 Å². The fourth-order valence-corrected chi connectivity index (χ4v) is 3.53. The van der Waals surface area contributed by atoms with Gasteiger partial charge in [0, 0.05) is 10.6 Å². The number of urea groups is 1. The minimum absolute atomic E-state index is 0.0102. The van der Waals surface area contributed by atoms with Crippen molar-refractivity contribution in [1.82, 2.24) is 5.32 Å². The molecular weight excluding hydrogens is 479 g/mol. The molecule has 1 heterocycles. The van der Waals surface area contributed by atoms with Gasteiger partial charge in [0.05, 0.1) is 11.3 Å². The molecule has 10 heteroatoms. The average Bonchev–Trinajstić information content (AvgIpc) is 2.81. The average molecular weight is 495 g/mol. The van der Waals surface area contributed by atoms with Crippen LogP contribution in [0.15, 0.2) is 72.3 Å². The minimum Gasteiger partial charge on any atom is -0.488 e. The summed E-state index contributed by atoms with van der Waals surface area (Å²) in [5.74, 6) is -3.17. The van der Waals surface area contributed by atoms with Crippen molar-refractivity contribution in [1.29, 1.82) is 0 Å². The standard InChI is InChI=1S/C25H16ClFN2O6/c26-17-6-9-21(35-13-14-2-1-3-18(27)10-14)16(11-17)12-20-22(30)28-25(34)29(23(20)31)19-7-4-15(5-8-19)24(32)33/h1-12H,13H2,(H,32,33)(H,28,30,34)/b20-12+. The number of nitrogens with one attached hydrogen (secondary N) is 1. The lowest BCUT2D eigenvalue weighted by Gasteiger charge is -2.26. The van der Waals surface area contributed by atoms with E-state index in [1.165, 1.54) is 54.6 Å². The van der Waals surface area contributed by atoms with E-state index in [9.17, 15) is 23.6 Å². The number of anilines is 1. The molecule has 1 saturated heterocycles. The summed E-state index contributed by atoms with van der Waals surface area (Å²) in [6.07, 6.45) is 1.23. The molecular formula is C25H16ClFN2O6. The van der Waals surface area contributed by atoms with Gasteiger partial charge in [-0.15, -0.1) is 0 Å². The molecule has 0 radical (unpaired) electrons. The van der Waals surface area contributed by atoms with Crippen molar-refractivity contribution in [2.75, 3.05) is 4.90 Å². The van der Waals surface area contributed by atoms with E-state index < -0.39 is 29.6 Å². The van der Waals surface area contributed by atoms with Gasteiger partial charge in [0.1, 0.15) is 23.7 Å². The van der Waals surface area contributed by atoms with E-state index in [2.05, 4.69) is 5.32 Å². The number of ether oxygens (including phenoxy) is 1. The summed E-state index contributed by atoms with van der Waals surface area (Å²) in [7, 11) is 0. The van der Waals surface area contributed by atoms with E-state index >= 15 is 0 Å². The number of nitrogens with zero attached hydrogens (tertiary/aromatic N) is 1. The van der Waals surface area contributed by atoms with Gasteiger partial charge in [-0.1, -0.05) is 23.7 Å². The second kappa shape index (κ2) is 9.78. The Morgan fingerprint density at radius 3 is 2.49 bits per heavy atom. The Kier molecular flexibility index (Phi) is 6.61. The first-order valence-corrected chi connectivity index (χ1v) is 10.5. The highest BCUT2D eigenvalue weighted by Crippen LogP contribution is 2.28. The number of aromatic carboxylic acids is 1. The predicted octanol–water partition coefficient (Wildman–Crippen LogP) is 4.42. The zero-order valence-electron chi connectivity index (χ0n) is 17.8. The Morgan fingerprint density at radius 2 is 1.80 bits per heavy atom. The topological polar surface area (TPSA) is 113 Å². The van der Waals surface area contributed by atoms with Crippen LogP contribution in [0.25, 0.3) is 6.08 Å². The van der Waals surface area contributed by atoms with Crippen LogP contribution in [0.1, 0.15) is 21.5 Å². The fraction of sp³-hybridized carbons (Fsp3) is 0.0400. The van der Waals surface area contributed by atoms with E-state index in [0.29, 0.717) is 10.6 Å². The quantitative estimate of drug-likeness (QED) is 0.387. The first-order chi connectivity index (χ1) is 16.7. The molecule has 0 aromatic heterocycles. The number of hydrogen-bond acceptors (Lipinski definition) is 5. The molecule has 1 fully saturated rings. The smallest absolute Gasteiger partial charge is 0.335 e. The number of carbonyl (C=O) groups excluding carboxylic acids is 3. The van der Waals surface area contributed by atoms with Crippen LogP contribution >= 0.6 is 11.6 Å². The number of hydrogen-bond donors (Lipinski definition) is 2. The molecule has 3 aromatic rings. The predicted molar refractivity (Wildman–Crippen MR) is 125 cm³/mol. The molecule has 8 nitrogen and oxygen atoms in total. The number of rotatable bonds is 6. The van der Waals surface area contributed by atoms with Crippen LogP contribution in [0.5, 0.6) is 5.75 Å². The van der Waals surface area contributed by atoms with E-state index in [0.717, 1.165) is 4.90 Å². The molecule has 4 amide bonds. The van der Waals surface area contributed by atoms with Crippen LogP contribution in [0.4, 0.5) is 14.9 Å². The second-order valence-electron chi connectivity index (χ2n) is 7.41. The molecule has 0 aliphatic carbocycles. The Hall–Kier alpha value is -4.50. The van der Waals surface area contributed by atoms with Gasteiger partial charge < -0.3 is 9.84 Å². The van der Waals surface area contributed by atoms with Crippen molar-refractivity contribution < 1.29 is 33.4 Å². The van der Waals surface area contributed by atoms with Gasteiger partial charge in [-0.25, -0.2) is 18.9 Å². The van der Waals surface area contributed by atoms with Crippen LogP contribution in [0.3, 0.4) is 0 Å². The van der Waals surface area contributed by atoms with Crippen molar-refractivity contribution in [2.45, 2.75) is 6.61 Å². The third kappa shape index (κ3) is 5.20. The number of benzene rings is 3. The summed E-state index contributed by atoms with van der Waals surface area (Å²) in [6, 6.07) is 14.4. The largest absolute Gasteiger partial charge is 0.488 e. The van der Waals surface area contributed by atoms with Crippen LogP contribution in [-0.4, -0.2) is 28.9 Å². The lowest BCUT2D eigenvalue weighted by atomic mass is 10.1. The normalized spacial score (nSPS) is 14.7. The number of amides is 4. The van der Waals surface area contributed by atoms with Crippen molar-refractivity contribution in [3.63, 3.8) is 0 Å². The van der Waals surface area contributed by atoms with Crippen molar-refractivity contribution in [3.8, 4) is 5.75 Å². The molecule has 2 N–H and O–H groups in total. The monoisotopic (exact) mass is 494 g/mol. The van der Waals surface area contributed by atoms with E-state index in [-0.39, 0.29) is 34.7 Å². The van der Waals surface area contributed by atoms with Gasteiger partial charge in [0.15, 0.2) is 0 Å². The van der Waals surface area contributed by atoms with Gasteiger partial charge in [-0.05, 0) is 66.2 Å². The van der Waals surface area contributed by atoms with Crippen molar-refractivity contribution in [3.05, 3.63) is 99.8 Å². The highest BCUT2D eigenvalue weighted by molar-refractivity contribution is 6.39. The molecule has 1 aliphatic heterocycles. The maximum Gasteiger partial charge on any atom is 0.335 e. The Labute approximate surface area is 203 Å². The molecule has 4 rings (SSSR count). The number of halogens is 2. The number of carboxylic acids is 1. The summed E-state index contributed by atoms with van der Waals surface area (Å²) in [4.78, 5) is 49.8. The minimum atomic E-state index is -1.17. The molecule has 176 valence electrons. The molecule has 0 atom stereocenters. The maximum absolute atomic E-state index is 13.5. The van der Waals surface area contributed by atoms with E-state index in [1.54, 1.807) is 18.2 Å². The summed E-state index contributed by atoms with van der Waals surface area (Å²) in [6.45, 7) is 0.0102. The third-order valence-corrected chi connectivity index (χ3v) is 5.26. The molecule has 0 saturated carbocycles. The maximum atomic E-state index is 13.5. The second-order valence-corrected chi connectivity index (χ2v) is 7.85. The number of barbiturate groups is 1. The lowest BCUT2D eigenvalue weighted by Crippen LogP contribution is -2.54. The molecule has 35 heavy (non-hydrogen) atoms. The van der Waals surface area contributed by atoms with Gasteiger partial charge in [-0.2, -0.15) is 0 Å². The highest BCUT2D eigenvalue weighted by atomic mass is 35.5. The SMILES string of the molecule is O=C1NC(=O)N(c2ccc(C(=O)O)cc2)C(=O)/C1=C/c1cc(Cl)ccc1OCc1cccc(F)c1. The van der Waals surface area contributed by atoms with Gasteiger partial charge >= 0.3 is 12.0 Å². The molecule has 0 unspecified atom stereocenters. The van der Waals surface area contributed by atoms with Crippen LogP contribution in [-0.2, 0) is 16.2 Å². The first kappa shape index (κ1) is 23.7. The lowest BCUT2D eigenvalue weighted by molar-refractivity contribution is -0.122. The molecule has 0 bridgehead atoms. The Bertz CT molecular complexity index is 1390. The van der Waals surface area contributed by atoms with E-state index in [1.807, 2.05) is 0 Å². The summed E-state index contributed by atoms with van der Waals surface area (Å²) < 4.78 is 19.2. The molecule has 0 spiro atoms. The van der Waals surface area contributed by atoms with Crippen LogP contribution < -0.4 is 15.0 Å². The zero-order chi connectivity index (χ0) is 25.1. The first-order valence-electron chi connectivity index (χ1n) is 10.1. The Morgan fingerprint density at radius 1 is 1.06 bits per heavy atom. The number of carboxylic acid groups (broad SMARTS) is 1. The van der Waals surface area contributed by atoms with Crippen molar-refractivity contribution in [2.24, 2.45) is 0 Å². The summed E-state index contributed by atoms with van der Waals surface area (Å²) in [5, 5.41) is 11.4. The Balaban J connectivity index is 1.66. The fourth-order valence-electron chi connectivity index (χ4n) is 3.35. The van der Waals surface area contributed by atoms with Crippen LogP contribution in [0.2, 0.25) is 5.02 Å². The van der Waals surface area contributed by atoms with Gasteiger partial charge in [-0.3, -0.25) is 14.9 Å². The van der Waals surface area contributed by atoms with Crippen LogP contribution in [0, 0.1) is 5.82 Å². The summed E-state index contributed by atoms with van der Waals surface area (Å²) in [5.41, 5.74) is 0.508. The zero-order valence-corrected chi connectivity index (χ0v) is 18.6. The van der Waals surface area contributed by atoms with Gasteiger partial charge in [0.25, 0.3) is 11.8 Å². The number of carbonyl (C=O) groups is 4. The molecule has 1 aliphatic rings. The van der Waals surface area contributed by atoms with E-state index in [4.69, 9.17) is 21.4 Å². The number of imide groups is 2.